The lowest BCUT2D eigenvalue weighted by atomic mass is 9.99. The van der Waals surface area contributed by atoms with Gasteiger partial charge in [0.15, 0.2) is 0 Å². The predicted molar refractivity (Wildman–Crippen MR) is 95.0 cm³/mol. The smallest absolute Gasteiger partial charge is 0.277 e. The molecular formula is C17H20ClN3O2S. The number of aromatic nitrogens is 2. The average molecular weight is 366 g/mol. The van der Waals surface area contributed by atoms with Crippen molar-refractivity contribution in [3.8, 4) is 11.5 Å². The summed E-state index contributed by atoms with van der Waals surface area (Å²) in [5.41, 5.74) is 0.808. The maximum absolute atomic E-state index is 12.5. The van der Waals surface area contributed by atoms with Crippen molar-refractivity contribution in [1.82, 2.24) is 15.1 Å². The summed E-state index contributed by atoms with van der Waals surface area (Å²) in [5, 5.41) is 8.91. The highest BCUT2D eigenvalue weighted by Gasteiger charge is 2.26. The Morgan fingerprint density at radius 2 is 1.96 bits per heavy atom. The first-order chi connectivity index (χ1) is 11.5. The van der Waals surface area contributed by atoms with Crippen LogP contribution in [0.1, 0.15) is 26.7 Å². The number of piperidine rings is 1. The molecule has 1 aliphatic rings. The number of hydrogen-bond acceptors (Lipinski definition) is 5. The number of rotatable bonds is 4. The van der Waals surface area contributed by atoms with E-state index in [0.717, 1.165) is 31.5 Å². The Balaban J connectivity index is 1.61. The minimum atomic E-state index is -0.239. The van der Waals surface area contributed by atoms with Crippen molar-refractivity contribution < 1.29 is 9.21 Å². The van der Waals surface area contributed by atoms with Crippen LogP contribution in [-0.4, -0.2) is 39.3 Å². The van der Waals surface area contributed by atoms with E-state index >= 15 is 0 Å². The number of likely N-dealkylation sites (tertiary alicyclic amines) is 1. The molecule has 1 unspecified atom stereocenters. The highest BCUT2D eigenvalue weighted by molar-refractivity contribution is 8.00. The Bertz CT molecular complexity index is 696. The number of carbonyl (C=O) groups excluding carboxylic acids is 1. The molecule has 1 amide bonds. The Morgan fingerprint density at radius 3 is 2.62 bits per heavy atom. The number of thioether (sulfide) groups is 1. The van der Waals surface area contributed by atoms with Gasteiger partial charge in [0.2, 0.25) is 11.8 Å². The SMILES string of the molecule is CC1CCN(C(=O)C(C)Sc2nnc(-c3ccc(Cl)cc3)o2)CC1. The van der Waals surface area contributed by atoms with E-state index in [0.29, 0.717) is 22.1 Å². The molecule has 1 aromatic heterocycles. The van der Waals surface area contributed by atoms with E-state index < -0.39 is 0 Å². The second-order valence-corrected chi connectivity index (χ2v) is 7.88. The van der Waals surface area contributed by atoms with Crippen LogP contribution in [0.5, 0.6) is 0 Å². The van der Waals surface area contributed by atoms with Crippen LogP contribution in [0.3, 0.4) is 0 Å². The molecule has 0 saturated carbocycles. The Morgan fingerprint density at radius 1 is 1.29 bits per heavy atom. The van der Waals surface area contributed by atoms with E-state index in [9.17, 15) is 4.79 Å². The molecule has 1 atom stereocenters. The van der Waals surface area contributed by atoms with Crippen LogP contribution in [0.4, 0.5) is 0 Å². The van der Waals surface area contributed by atoms with Crippen LogP contribution in [0.15, 0.2) is 33.9 Å². The molecule has 0 N–H and O–H groups in total. The number of nitrogens with zero attached hydrogens (tertiary/aromatic N) is 3. The van der Waals surface area contributed by atoms with Gasteiger partial charge in [0.25, 0.3) is 5.22 Å². The molecule has 2 heterocycles. The summed E-state index contributed by atoms with van der Waals surface area (Å²) >= 11 is 7.19. The van der Waals surface area contributed by atoms with E-state index in [1.165, 1.54) is 11.8 Å². The first kappa shape index (κ1) is 17.3. The van der Waals surface area contributed by atoms with E-state index in [1.54, 1.807) is 12.1 Å². The van der Waals surface area contributed by atoms with Crippen molar-refractivity contribution in [1.29, 1.82) is 0 Å². The summed E-state index contributed by atoms with van der Waals surface area (Å²) in [4.78, 5) is 14.5. The third-order valence-electron chi connectivity index (χ3n) is 4.22. The van der Waals surface area contributed by atoms with Gasteiger partial charge >= 0.3 is 0 Å². The molecule has 2 aromatic rings. The fraction of sp³-hybridized carbons (Fsp3) is 0.471. The second kappa shape index (κ2) is 7.57. The van der Waals surface area contributed by atoms with Gasteiger partial charge in [0.05, 0.1) is 5.25 Å². The zero-order chi connectivity index (χ0) is 17.1. The third kappa shape index (κ3) is 4.11. The zero-order valence-electron chi connectivity index (χ0n) is 13.7. The van der Waals surface area contributed by atoms with Gasteiger partial charge in [0, 0.05) is 23.7 Å². The molecule has 1 aliphatic heterocycles. The minimum Gasteiger partial charge on any atom is -0.411 e. The van der Waals surface area contributed by atoms with E-state index in [-0.39, 0.29) is 11.2 Å². The van der Waals surface area contributed by atoms with Crippen LogP contribution in [-0.2, 0) is 4.79 Å². The van der Waals surface area contributed by atoms with E-state index in [2.05, 4.69) is 17.1 Å². The molecule has 128 valence electrons. The summed E-state index contributed by atoms with van der Waals surface area (Å²) < 4.78 is 5.66. The van der Waals surface area contributed by atoms with Gasteiger partial charge in [-0.2, -0.15) is 0 Å². The molecule has 1 aromatic carbocycles. The van der Waals surface area contributed by atoms with Gasteiger partial charge in [-0.15, -0.1) is 10.2 Å². The van der Waals surface area contributed by atoms with E-state index in [1.807, 2.05) is 24.0 Å². The van der Waals surface area contributed by atoms with Gasteiger partial charge < -0.3 is 9.32 Å². The van der Waals surface area contributed by atoms with Crippen LogP contribution in [0.25, 0.3) is 11.5 Å². The maximum Gasteiger partial charge on any atom is 0.277 e. The lowest BCUT2D eigenvalue weighted by molar-refractivity contribution is -0.131. The first-order valence-electron chi connectivity index (χ1n) is 8.08. The Kier molecular flexibility index (Phi) is 5.46. The number of amides is 1. The van der Waals surface area contributed by atoms with Crippen LogP contribution in [0, 0.1) is 5.92 Å². The van der Waals surface area contributed by atoms with Crippen molar-refractivity contribution in [3.05, 3.63) is 29.3 Å². The van der Waals surface area contributed by atoms with Crippen LogP contribution >= 0.6 is 23.4 Å². The molecule has 3 rings (SSSR count). The predicted octanol–water partition coefficient (Wildman–Crippen LogP) is 4.13. The van der Waals surface area contributed by atoms with Crippen LogP contribution < -0.4 is 0 Å². The lowest BCUT2D eigenvalue weighted by Crippen LogP contribution is -2.41. The summed E-state index contributed by atoms with van der Waals surface area (Å²) in [7, 11) is 0. The molecular weight excluding hydrogens is 346 g/mol. The molecule has 1 fully saturated rings. The van der Waals surface area contributed by atoms with Crippen molar-refractivity contribution in [3.63, 3.8) is 0 Å². The maximum atomic E-state index is 12.5. The van der Waals surface area contributed by atoms with Crippen LogP contribution in [0.2, 0.25) is 5.02 Å². The van der Waals surface area contributed by atoms with E-state index in [4.69, 9.17) is 16.0 Å². The number of halogens is 1. The topological polar surface area (TPSA) is 59.2 Å². The summed E-state index contributed by atoms with van der Waals surface area (Å²) in [6, 6.07) is 7.20. The Labute approximate surface area is 150 Å². The molecule has 0 aliphatic carbocycles. The minimum absolute atomic E-state index is 0.137. The normalized spacial score (nSPS) is 17.0. The van der Waals surface area contributed by atoms with Crippen molar-refractivity contribution >= 4 is 29.3 Å². The van der Waals surface area contributed by atoms with Crippen molar-refractivity contribution in [2.45, 2.75) is 37.2 Å². The average Bonchev–Trinajstić information content (AvgIpc) is 3.04. The van der Waals surface area contributed by atoms with Gasteiger partial charge in [-0.05, 0) is 49.9 Å². The largest absolute Gasteiger partial charge is 0.411 e. The second-order valence-electron chi connectivity index (χ2n) is 6.15. The molecule has 0 radical (unpaired) electrons. The van der Waals surface area contributed by atoms with Gasteiger partial charge in [-0.25, -0.2) is 0 Å². The summed E-state index contributed by atoms with van der Waals surface area (Å²) in [6.45, 7) is 5.80. The lowest BCUT2D eigenvalue weighted by Gasteiger charge is -2.31. The molecule has 24 heavy (non-hydrogen) atoms. The fourth-order valence-corrected chi connectivity index (χ4v) is 3.55. The van der Waals surface area contributed by atoms with Gasteiger partial charge in [0.1, 0.15) is 0 Å². The third-order valence-corrected chi connectivity index (χ3v) is 5.39. The molecule has 5 nitrogen and oxygen atoms in total. The summed E-state index contributed by atoms with van der Waals surface area (Å²) in [6.07, 6.45) is 2.15. The number of benzene rings is 1. The zero-order valence-corrected chi connectivity index (χ0v) is 15.3. The van der Waals surface area contributed by atoms with Gasteiger partial charge in [-0.1, -0.05) is 30.3 Å². The van der Waals surface area contributed by atoms with Crippen molar-refractivity contribution in [2.75, 3.05) is 13.1 Å². The number of hydrogen-bond donors (Lipinski definition) is 0. The standard InChI is InChI=1S/C17H20ClN3O2S/c1-11-7-9-21(10-8-11)16(22)12(2)24-17-20-19-15(23-17)13-3-5-14(18)6-4-13/h3-6,11-12H,7-10H2,1-2H3. The number of carbonyl (C=O) groups is 1. The first-order valence-corrected chi connectivity index (χ1v) is 9.33. The highest BCUT2D eigenvalue weighted by Crippen LogP contribution is 2.28. The Hall–Kier alpha value is -1.53. The molecule has 7 heteroatoms. The fourth-order valence-electron chi connectivity index (χ4n) is 2.65. The van der Waals surface area contributed by atoms with Gasteiger partial charge in [-0.3, -0.25) is 4.79 Å². The van der Waals surface area contributed by atoms with Crippen molar-refractivity contribution in [2.24, 2.45) is 5.92 Å². The molecule has 0 spiro atoms. The molecule has 0 bridgehead atoms. The quantitative estimate of drug-likeness (QED) is 0.762. The molecule has 1 saturated heterocycles. The summed E-state index contributed by atoms with van der Waals surface area (Å²) in [5.74, 6) is 1.27. The monoisotopic (exact) mass is 365 g/mol. The highest BCUT2D eigenvalue weighted by atomic mass is 35.5.